The Hall–Kier alpha value is -4.24. The second-order valence-corrected chi connectivity index (χ2v) is 11.0. The van der Waals surface area contributed by atoms with Gasteiger partial charge in [-0.05, 0) is 77.3 Å². The van der Waals surface area contributed by atoms with Crippen LogP contribution >= 0.6 is 0 Å². The zero-order valence-corrected chi connectivity index (χ0v) is 23.7. The highest BCUT2D eigenvalue weighted by Gasteiger charge is 2.34. The SMILES string of the molecule is Cc1cc(C)c(B(c2ccccc2N2c3ccccc3Oc3ccccc32)c2c(C)cc(C)cc2C)c(C)c1. The summed E-state index contributed by atoms with van der Waals surface area (Å²) in [5.41, 5.74) is 15.2. The van der Waals surface area contributed by atoms with Gasteiger partial charge >= 0.3 is 0 Å². The summed E-state index contributed by atoms with van der Waals surface area (Å²) in [5.74, 6) is 1.74. The van der Waals surface area contributed by atoms with Crippen LogP contribution in [-0.4, -0.2) is 6.71 Å². The van der Waals surface area contributed by atoms with E-state index in [1.165, 1.54) is 55.5 Å². The molecule has 3 heteroatoms. The smallest absolute Gasteiger partial charge is 0.245 e. The summed E-state index contributed by atoms with van der Waals surface area (Å²) in [6.07, 6.45) is 0. The number of fused-ring (bicyclic) bond motifs is 2. The fourth-order valence-electron chi connectivity index (χ4n) is 6.65. The quantitative estimate of drug-likeness (QED) is 0.228. The number of hydrogen-bond donors (Lipinski definition) is 0. The van der Waals surface area contributed by atoms with Gasteiger partial charge in [0.15, 0.2) is 11.5 Å². The molecule has 5 aromatic rings. The zero-order valence-electron chi connectivity index (χ0n) is 23.7. The first kappa shape index (κ1) is 25.1. The second kappa shape index (κ2) is 9.82. The van der Waals surface area contributed by atoms with Gasteiger partial charge in [0.05, 0.1) is 11.4 Å². The van der Waals surface area contributed by atoms with Crippen molar-refractivity contribution in [1.82, 2.24) is 0 Å². The Labute approximate surface area is 233 Å². The Morgan fingerprint density at radius 3 is 1.33 bits per heavy atom. The molecule has 0 saturated carbocycles. The molecule has 1 aliphatic heterocycles. The molecule has 0 spiro atoms. The van der Waals surface area contributed by atoms with Crippen LogP contribution in [-0.2, 0) is 0 Å². The van der Waals surface area contributed by atoms with E-state index >= 15 is 0 Å². The van der Waals surface area contributed by atoms with Crippen LogP contribution in [0.4, 0.5) is 17.1 Å². The number of benzene rings is 5. The molecule has 0 N–H and O–H groups in total. The number of ether oxygens (including phenoxy) is 1. The van der Waals surface area contributed by atoms with Gasteiger partial charge in [-0.1, -0.05) is 111 Å². The third kappa shape index (κ3) is 4.32. The molecule has 5 aromatic carbocycles. The van der Waals surface area contributed by atoms with Gasteiger partial charge in [0.2, 0.25) is 6.71 Å². The minimum Gasteiger partial charge on any atom is -0.453 e. The summed E-state index contributed by atoms with van der Waals surface area (Å²) in [7, 11) is 0. The highest BCUT2D eigenvalue weighted by molar-refractivity contribution is 6.97. The molecular weight excluding hydrogens is 473 g/mol. The van der Waals surface area contributed by atoms with Crippen LogP contribution in [0.1, 0.15) is 33.4 Å². The molecule has 0 saturated heterocycles. The van der Waals surface area contributed by atoms with Crippen molar-refractivity contribution in [3.05, 3.63) is 130 Å². The van der Waals surface area contributed by atoms with E-state index in [-0.39, 0.29) is 6.71 Å². The normalized spacial score (nSPS) is 12.0. The second-order valence-electron chi connectivity index (χ2n) is 11.0. The molecule has 0 amide bonds. The van der Waals surface area contributed by atoms with Crippen molar-refractivity contribution in [3.8, 4) is 11.5 Å². The van der Waals surface area contributed by atoms with E-state index in [1.54, 1.807) is 0 Å². The summed E-state index contributed by atoms with van der Waals surface area (Å²) in [6, 6.07) is 34.9. The molecule has 0 aliphatic carbocycles. The van der Waals surface area contributed by atoms with E-state index in [9.17, 15) is 0 Å². The van der Waals surface area contributed by atoms with Crippen LogP contribution in [0.5, 0.6) is 11.5 Å². The lowest BCUT2D eigenvalue weighted by atomic mass is 9.34. The number of anilines is 3. The number of aryl methyl sites for hydroxylation is 6. The Balaban J connectivity index is 1.68. The summed E-state index contributed by atoms with van der Waals surface area (Å²) >= 11 is 0. The number of rotatable bonds is 4. The molecule has 0 aromatic heterocycles. The maximum Gasteiger partial charge on any atom is 0.245 e. The molecule has 0 atom stereocenters. The van der Waals surface area contributed by atoms with Crippen molar-refractivity contribution in [2.24, 2.45) is 0 Å². The van der Waals surface area contributed by atoms with Crippen LogP contribution in [0.25, 0.3) is 0 Å². The first-order valence-corrected chi connectivity index (χ1v) is 13.7. The maximum atomic E-state index is 6.36. The lowest BCUT2D eigenvalue weighted by molar-refractivity contribution is 0.477. The standard InChI is InChI=1S/C36H34BNO/c1-23-19-25(3)35(26(4)20-23)37(36-27(5)21-24(2)22-28(36)6)29-13-7-8-14-30(29)38-31-15-9-11-17-33(31)39-34-18-12-10-16-32(34)38/h7-22H,1-6H3. The first-order valence-electron chi connectivity index (χ1n) is 13.7. The Morgan fingerprint density at radius 2 is 0.872 bits per heavy atom. The molecule has 39 heavy (non-hydrogen) atoms. The number of nitrogens with zero attached hydrogens (tertiary/aromatic N) is 1. The molecule has 1 heterocycles. The van der Waals surface area contributed by atoms with Crippen molar-refractivity contribution in [2.45, 2.75) is 41.5 Å². The third-order valence-corrected chi connectivity index (χ3v) is 7.97. The molecule has 0 bridgehead atoms. The fourth-order valence-corrected chi connectivity index (χ4v) is 6.65. The first-order chi connectivity index (χ1) is 18.8. The largest absolute Gasteiger partial charge is 0.453 e. The molecule has 1 aliphatic rings. The molecule has 6 rings (SSSR count). The summed E-state index contributed by atoms with van der Waals surface area (Å²) in [6.45, 7) is 13.5. The minimum atomic E-state index is 0.0737. The highest BCUT2D eigenvalue weighted by Crippen LogP contribution is 2.49. The summed E-state index contributed by atoms with van der Waals surface area (Å²) in [4.78, 5) is 2.38. The van der Waals surface area contributed by atoms with E-state index in [4.69, 9.17) is 4.74 Å². The molecule has 0 unspecified atom stereocenters. The van der Waals surface area contributed by atoms with E-state index in [0.717, 1.165) is 22.9 Å². The molecule has 0 radical (unpaired) electrons. The maximum absolute atomic E-state index is 6.36. The molecule has 0 fully saturated rings. The van der Waals surface area contributed by atoms with Gasteiger partial charge in [-0.25, -0.2) is 0 Å². The van der Waals surface area contributed by atoms with Crippen molar-refractivity contribution < 1.29 is 4.74 Å². The van der Waals surface area contributed by atoms with E-state index in [0.29, 0.717) is 0 Å². The third-order valence-electron chi connectivity index (χ3n) is 7.97. The topological polar surface area (TPSA) is 12.5 Å². The van der Waals surface area contributed by atoms with Crippen LogP contribution < -0.4 is 26.0 Å². The van der Waals surface area contributed by atoms with E-state index < -0.39 is 0 Å². The molecule has 2 nitrogen and oxygen atoms in total. The predicted molar refractivity (Wildman–Crippen MR) is 167 cm³/mol. The van der Waals surface area contributed by atoms with Gasteiger partial charge in [0, 0.05) is 5.69 Å². The number of hydrogen-bond acceptors (Lipinski definition) is 2. The lowest BCUT2D eigenvalue weighted by Gasteiger charge is -2.35. The average molecular weight is 507 g/mol. The Bertz CT molecular complexity index is 1570. The predicted octanol–water partition coefficient (Wildman–Crippen LogP) is 7.63. The van der Waals surface area contributed by atoms with Crippen molar-refractivity contribution >= 4 is 40.2 Å². The van der Waals surface area contributed by atoms with Crippen LogP contribution in [0, 0.1) is 41.5 Å². The fraction of sp³-hybridized carbons (Fsp3) is 0.167. The minimum absolute atomic E-state index is 0.0737. The van der Waals surface area contributed by atoms with E-state index in [1.807, 2.05) is 12.1 Å². The molecular formula is C36H34BNO. The van der Waals surface area contributed by atoms with Gasteiger partial charge in [-0.15, -0.1) is 0 Å². The zero-order chi connectivity index (χ0) is 27.3. The molecule has 192 valence electrons. The highest BCUT2D eigenvalue weighted by atomic mass is 16.5. The van der Waals surface area contributed by atoms with Gasteiger partial charge in [-0.3, -0.25) is 0 Å². The van der Waals surface area contributed by atoms with Crippen molar-refractivity contribution in [1.29, 1.82) is 0 Å². The van der Waals surface area contributed by atoms with Crippen molar-refractivity contribution in [2.75, 3.05) is 4.90 Å². The average Bonchev–Trinajstić information content (AvgIpc) is 2.90. The van der Waals surface area contributed by atoms with Crippen LogP contribution in [0.15, 0.2) is 97.1 Å². The Kier molecular flexibility index (Phi) is 6.31. The van der Waals surface area contributed by atoms with Crippen molar-refractivity contribution in [3.63, 3.8) is 0 Å². The van der Waals surface area contributed by atoms with Gasteiger partial charge in [0.25, 0.3) is 0 Å². The lowest BCUT2D eigenvalue weighted by Crippen LogP contribution is -2.56. The summed E-state index contributed by atoms with van der Waals surface area (Å²) < 4.78 is 6.36. The van der Waals surface area contributed by atoms with Gasteiger partial charge in [-0.2, -0.15) is 0 Å². The van der Waals surface area contributed by atoms with Crippen LogP contribution in [0.3, 0.4) is 0 Å². The Morgan fingerprint density at radius 1 is 0.487 bits per heavy atom. The van der Waals surface area contributed by atoms with E-state index in [2.05, 4.69) is 131 Å². The van der Waals surface area contributed by atoms with Gasteiger partial charge < -0.3 is 9.64 Å². The number of para-hydroxylation sites is 5. The monoisotopic (exact) mass is 507 g/mol. The van der Waals surface area contributed by atoms with Gasteiger partial charge in [0.1, 0.15) is 0 Å². The van der Waals surface area contributed by atoms with Crippen LogP contribution in [0.2, 0.25) is 0 Å². The summed E-state index contributed by atoms with van der Waals surface area (Å²) in [5, 5.41) is 0.